The van der Waals surface area contributed by atoms with Gasteiger partial charge in [0.15, 0.2) is 0 Å². The minimum Gasteiger partial charge on any atom is -0.497 e. The van der Waals surface area contributed by atoms with Gasteiger partial charge in [-0.05, 0) is 42.0 Å². The molecule has 0 saturated carbocycles. The molecule has 4 rings (SSSR count). The highest BCUT2D eigenvalue weighted by atomic mass is 16.5. The van der Waals surface area contributed by atoms with E-state index in [1.807, 2.05) is 30.3 Å². The number of likely N-dealkylation sites (tertiary alicyclic amines) is 2. The molecule has 2 aromatic carbocycles. The number of piperidine rings is 1. The van der Waals surface area contributed by atoms with E-state index in [1.165, 1.54) is 7.05 Å². The van der Waals surface area contributed by atoms with Gasteiger partial charge in [0.2, 0.25) is 17.7 Å². The van der Waals surface area contributed by atoms with Crippen molar-refractivity contribution in [1.82, 2.24) is 9.80 Å². The third kappa shape index (κ3) is 4.37. The molecule has 0 bridgehead atoms. The fourth-order valence-electron chi connectivity index (χ4n) is 5.03. The molecule has 0 aliphatic carbocycles. The Kier molecular flexibility index (Phi) is 6.51. The molecule has 33 heavy (non-hydrogen) atoms. The second kappa shape index (κ2) is 9.35. The molecule has 1 N–H and O–H groups in total. The lowest BCUT2D eigenvalue weighted by molar-refractivity contribution is -0.142. The van der Waals surface area contributed by atoms with Gasteiger partial charge >= 0.3 is 0 Å². The Bertz CT molecular complexity index is 1030. The molecule has 7 nitrogen and oxygen atoms in total. The van der Waals surface area contributed by atoms with Gasteiger partial charge in [0.25, 0.3) is 0 Å². The first-order valence-corrected chi connectivity index (χ1v) is 11.3. The number of aliphatic hydroxyl groups excluding tert-OH is 1. The summed E-state index contributed by atoms with van der Waals surface area (Å²) in [6.07, 6.45) is 0.696. The highest BCUT2D eigenvalue weighted by Gasteiger charge is 2.53. The number of methoxy groups -OCH3 is 1. The molecule has 2 aromatic rings. The van der Waals surface area contributed by atoms with Crippen molar-refractivity contribution < 1.29 is 24.2 Å². The molecule has 2 aliphatic heterocycles. The highest BCUT2D eigenvalue weighted by Crippen LogP contribution is 2.41. The summed E-state index contributed by atoms with van der Waals surface area (Å²) in [6.45, 7) is 1.03. The number of carbonyl (C=O) groups excluding carboxylic acids is 3. The van der Waals surface area contributed by atoms with E-state index in [0.29, 0.717) is 37.2 Å². The van der Waals surface area contributed by atoms with Crippen LogP contribution in [0.15, 0.2) is 54.6 Å². The van der Waals surface area contributed by atoms with E-state index in [0.717, 1.165) is 10.5 Å². The summed E-state index contributed by atoms with van der Waals surface area (Å²) < 4.78 is 5.31. The summed E-state index contributed by atoms with van der Waals surface area (Å²) in [7, 11) is 3.01. The number of benzene rings is 2. The minimum atomic E-state index is -1.22. The number of likely N-dealkylation sites (N-methyl/N-ethyl adjacent to an activating group) is 1. The summed E-state index contributed by atoms with van der Waals surface area (Å²) in [5.74, 6) is -0.153. The van der Waals surface area contributed by atoms with Gasteiger partial charge < -0.3 is 14.7 Å². The van der Waals surface area contributed by atoms with Gasteiger partial charge in [0, 0.05) is 33.0 Å². The maximum Gasteiger partial charge on any atom is 0.240 e. The number of ether oxygens (including phenoxy) is 1. The molecule has 2 aliphatic rings. The van der Waals surface area contributed by atoms with E-state index in [-0.39, 0.29) is 36.5 Å². The third-order valence-electron chi connectivity index (χ3n) is 7.10. The molecule has 2 atom stereocenters. The van der Waals surface area contributed by atoms with Crippen LogP contribution >= 0.6 is 0 Å². The average Bonchev–Trinajstić information content (AvgIpc) is 3.08. The number of imide groups is 1. The van der Waals surface area contributed by atoms with E-state index in [4.69, 9.17) is 4.74 Å². The van der Waals surface area contributed by atoms with Crippen LogP contribution in [0.25, 0.3) is 0 Å². The molecule has 2 saturated heterocycles. The number of amides is 3. The summed E-state index contributed by atoms with van der Waals surface area (Å²) in [5, 5.41) is 10.7. The zero-order valence-corrected chi connectivity index (χ0v) is 19.1. The molecule has 0 aromatic heterocycles. The largest absolute Gasteiger partial charge is 0.497 e. The van der Waals surface area contributed by atoms with Crippen molar-refractivity contribution in [3.05, 3.63) is 65.7 Å². The van der Waals surface area contributed by atoms with Crippen LogP contribution < -0.4 is 4.74 Å². The highest BCUT2D eigenvalue weighted by molar-refractivity contribution is 6.10. The molecular weight excluding hydrogens is 420 g/mol. The number of rotatable bonds is 6. The lowest BCUT2D eigenvalue weighted by Crippen LogP contribution is -2.45. The number of nitrogens with zero attached hydrogens (tertiary/aromatic N) is 2. The van der Waals surface area contributed by atoms with Crippen LogP contribution in [0.3, 0.4) is 0 Å². The Hall–Kier alpha value is -3.19. The van der Waals surface area contributed by atoms with Crippen LogP contribution in [0, 0.1) is 5.92 Å². The van der Waals surface area contributed by atoms with Gasteiger partial charge in [-0.3, -0.25) is 19.3 Å². The first-order valence-electron chi connectivity index (χ1n) is 11.3. The van der Waals surface area contributed by atoms with Crippen molar-refractivity contribution in [1.29, 1.82) is 0 Å². The Morgan fingerprint density at radius 3 is 2.42 bits per heavy atom. The number of hydrogen-bond donors (Lipinski definition) is 1. The van der Waals surface area contributed by atoms with Crippen LogP contribution in [0.4, 0.5) is 0 Å². The quantitative estimate of drug-likeness (QED) is 0.684. The minimum absolute atomic E-state index is 0.0373. The normalized spacial score (nSPS) is 22.5. The summed E-state index contributed by atoms with van der Waals surface area (Å²) in [4.78, 5) is 41.9. The van der Waals surface area contributed by atoms with Gasteiger partial charge in [0.05, 0.1) is 18.6 Å². The van der Waals surface area contributed by atoms with E-state index in [2.05, 4.69) is 0 Å². The van der Waals surface area contributed by atoms with Gasteiger partial charge in [-0.1, -0.05) is 42.5 Å². The first-order chi connectivity index (χ1) is 15.9. The zero-order valence-electron chi connectivity index (χ0n) is 19.1. The van der Waals surface area contributed by atoms with Crippen LogP contribution in [-0.4, -0.2) is 59.9 Å². The summed E-state index contributed by atoms with van der Waals surface area (Å²) >= 11 is 0. The molecule has 0 unspecified atom stereocenters. The first kappa shape index (κ1) is 23.0. The lowest BCUT2D eigenvalue weighted by atomic mass is 9.75. The number of carbonyl (C=O) groups is 3. The van der Waals surface area contributed by atoms with Crippen LogP contribution in [0.2, 0.25) is 0 Å². The zero-order chi connectivity index (χ0) is 23.6. The molecule has 2 fully saturated rings. The predicted octanol–water partition coefficient (Wildman–Crippen LogP) is 2.68. The van der Waals surface area contributed by atoms with Crippen molar-refractivity contribution in [2.24, 2.45) is 5.92 Å². The standard InChI is InChI=1S/C26H30N2O5/c1-27-22(29)16-26(25(27)32,20-9-6-10-21(15-20)33-2)17-23(30)28-13-11-19(12-14-28)24(31)18-7-4-3-5-8-18/h3-10,15,19,24,31H,11-14,16-17H2,1-2H3/t24-,26+/m0/s1. The molecular formula is C26H30N2O5. The van der Waals surface area contributed by atoms with Crippen LogP contribution in [0.5, 0.6) is 5.75 Å². The van der Waals surface area contributed by atoms with Crippen LogP contribution in [-0.2, 0) is 19.8 Å². The molecule has 7 heteroatoms. The van der Waals surface area contributed by atoms with Crippen molar-refractivity contribution in [2.45, 2.75) is 37.2 Å². The van der Waals surface area contributed by atoms with Crippen molar-refractivity contribution in [3.63, 3.8) is 0 Å². The molecule has 0 radical (unpaired) electrons. The molecule has 3 amide bonds. The Morgan fingerprint density at radius 1 is 1.12 bits per heavy atom. The average molecular weight is 451 g/mol. The van der Waals surface area contributed by atoms with Crippen molar-refractivity contribution >= 4 is 17.7 Å². The number of aliphatic hydroxyl groups is 1. The fraction of sp³-hybridized carbons (Fsp3) is 0.423. The fourth-order valence-corrected chi connectivity index (χ4v) is 5.03. The summed E-state index contributed by atoms with van der Waals surface area (Å²) in [6, 6.07) is 16.6. The van der Waals surface area contributed by atoms with Crippen molar-refractivity contribution in [3.8, 4) is 5.75 Å². The van der Waals surface area contributed by atoms with Gasteiger partial charge in [-0.15, -0.1) is 0 Å². The Labute approximate surface area is 193 Å². The third-order valence-corrected chi connectivity index (χ3v) is 7.10. The van der Waals surface area contributed by atoms with E-state index >= 15 is 0 Å². The predicted molar refractivity (Wildman–Crippen MR) is 122 cm³/mol. The van der Waals surface area contributed by atoms with Gasteiger partial charge in [0.1, 0.15) is 5.75 Å². The monoisotopic (exact) mass is 450 g/mol. The molecule has 0 spiro atoms. The topological polar surface area (TPSA) is 87.2 Å². The lowest BCUT2D eigenvalue weighted by Gasteiger charge is -2.36. The number of hydrogen-bond acceptors (Lipinski definition) is 5. The van der Waals surface area contributed by atoms with Gasteiger partial charge in [-0.25, -0.2) is 0 Å². The maximum absolute atomic E-state index is 13.3. The summed E-state index contributed by atoms with van der Waals surface area (Å²) in [5.41, 5.74) is 0.280. The Morgan fingerprint density at radius 2 is 1.82 bits per heavy atom. The Balaban J connectivity index is 1.49. The van der Waals surface area contributed by atoms with Crippen molar-refractivity contribution in [2.75, 3.05) is 27.2 Å². The smallest absolute Gasteiger partial charge is 0.240 e. The maximum atomic E-state index is 13.3. The SMILES string of the molecule is COc1cccc([C@]2(CC(=O)N3CCC([C@@H](O)c4ccccc4)CC3)CC(=O)N(C)C2=O)c1. The molecule has 174 valence electrons. The van der Waals surface area contributed by atoms with Gasteiger partial charge in [-0.2, -0.15) is 0 Å². The van der Waals surface area contributed by atoms with E-state index < -0.39 is 11.5 Å². The second-order valence-corrected chi connectivity index (χ2v) is 9.00. The van der Waals surface area contributed by atoms with Crippen LogP contribution in [0.1, 0.15) is 42.9 Å². The molecule has 2 heterocycles. The van der Waals surface area contributed by atoms with E-state index in [1.54, 1.807) is 36.3 Å². The van der Waals surface area contributed by atoms with E-state index in [9.17, 15) is 19.5 Å². The second-order valence-electron chi connectivity index (χ2n) is 9.00.